The van der Waals surface area contributed by atoms with E-state index in [-0.39, 0.29) is 25.7 Å². The van der Waals surface area contributed by atoms with Crippen LogP contribution in [-0.4, -0.2) is 277 Å². The smallest absolute Gasteiger partial charge is 0.326 e. The van der Waals surface area contributed by atoms with Gasteiger partial charge in [-0.05, 0) is 51.4 Å². The Bertz CT molecular complexity index is 1330. The Hall–Kier alpha value is -1.60. The monoisotopic (exact) mass is 1340 g/mol. The molecule has 1 aliphatic rings. The molecule has 0 spiro atoms. The van der Waals surface area contributed by atoms with Gasteiger partial charge in [-0.2, -0.15) is 21.9 Å². The lowest BCUT2D eigenvalue weighted by Gasteiger charge is -2.34. The summed E-state index contributed by atoms with van der Waals surface area (Å²) in [4.78, 5) is 82.4. The summed E-state index contributed by atoms with van der Waals surface area (Å²) < 4.78 is 45.0. The van der Waals surface area contributed by atoms with Gasteiger partial charge in [0.05, 0.1) is 131 Å². The molecule has 1 fully saturated rings. The lowest BCUT2D eigenvalue weighted by molar-refractivity contribution is -0.153. The van der Waals surface area contributed by atoms with Gasteiger partial charge in [0.15, 0.2) is 0 Å². The fourth-order valence-corrected chi connectivity index (χ4v) is 9.31. The van der Waals surface area contributed by atoms with Crippen molar-refractivity contribution in [1.29, 1.82) is 0 Å². The number of nitrogens with one attached hydrogen (secondary N) is 4. The molecule has 4 N–H and O–H groups in total. The van der Waals surface area contributed by atoms with Gasteiger partial charge in [0.25, 0.3) is 0 Å². The molecule has 28 heteroatoms. The van der Waals surface area contributed by atoms with Gasteiger partial charge in [0, 0.05) is 128 Å². The average Bonchev–Trinajstić information content (AvgIpc) is 3.66. The molecule has 1 heterocycles. The van der Waals surface area contributed by atoms with Gasteiger partial charge in [-0.3, -0.25) is 19.2 Å². The molecule has 0 aromatic carbocycles. The molecule has 0 unspecified atom stereocenters. The predicted molar refractivity (Wildman–Crippen MR) is 344 cm³/mol. The summed E-state index contributed by atoms with van der Waals surface area (Å²) in [6.45, 7) is 15.4. The first kappa shape index (κ1) is 84.4. The Balaban J connectivity index is 2.90. The van der Waals surface area contributed by atoms with E-state index in [9.17, 15) is 19.2 Å². The minimum atomic E-state index is -0.409. The molecule has 0 atom stereocenters. The van der Waals surface area contributed by atoms with Crippen LogP contribution in [0.1, 0.15) is 128 Å². The third kappa shape index (κ3) is 60.6. The summed E-state index contributed by atoms with van der Waals surface area (Å²) in [6, 6.07) is 0. The van der Waals surface area contributed by atoms with E-state index in [0.29, 0.717) is 234 Å². The Morgan fingerprint density at radius 3 is 0.625 bits per heavy atom. The number of halogens is 4. The van der Waals surface area contributed by atoms with Gasteiger partial charge in [-0.15, -0.1) is 46.4 Å². The normalized spacial score (nSPS) is 14.2. The number of carbonyl (C=O) groups excluding carboxylic acids is 4. The lowest BCUT2D eigenvalue weighted by atomic mass is 10.2. The Morgan fingerprint density at radius 2 is 0.432 bits per heavy atom. The molecule has 1 rings (SSSR count). The fraction of sp³-hybridized carbons (Fsp3) is 0.933. The summed E-state index contributed by atoms with van der Waals surface area (Å²) >= 11 is 23.0. The summed E-state index contributed by atoms with van der Waals surface area (Å²) in [7, 11) is 0. The van der Waals surface area contributed by atoms with Crippen LogP contribution in [-0.2, 0) is 76.4 Å². The van der Waals surface area contributed by atoms with Crippen molar-refractivity contribution in [1.82, 2.24) is 41.5 Å². The van der Waals surface area contributed by atoms with Crippen molar-refractivity contribution in [2.45, 2.75) is 128 Å². The number of ether oxygens (including phenoxy) is 8. The van der Waals surface area contributed by atoms with Crippen molar-refractivity contribution >= 4 is 70.3 Å². The van der Waals surface area contributed by atoms with Crippen molar-refractivity contribution in [3.05, 3.63) is 0 Å². The first-order valence-corrected chi connectivity index (χ1v) is 34.9. The van der Waals surface area contributed by atoms with Crippen LogP contribution in [0.5, 0.6) is 0 Å². The average molecular weight is 1350 g/mol. The highest BCUT2D eigenvalue weighted by Gasteiger charge is 2.21. The van der Waals surface area contributed by atoms with Crippen LogP contribution in [0.25, 0.3) is 0 Å². The summed E-state index contributed by atoms with van der Waals surface area (Å²) in [5.41, 5.74) is 10.9. The Morgan fingerprint density at radius 1 is 0.250 bits per heavy atom. The van der Waals surface area contributed by atoms with E-state index in [1.165, 1.54) is 0 Å². The minimum Gasteiger partial charge on any atom is -0.379 e. The third-order valence-corrected chi connectivity index (χ3v) is 14.8. The largest absolute Gasteiger partial charge is 0.379 e. The standard InChI is InChI=1S/C60H116Cl4N8O16/c61-21-9-1-5-13-41-77-49-53-81-45-25-65-85-57(73)17-29-69-33-35-70(30-18-58(74)86-66-26-46-82-54-50-78-42-14-6-2-10-22-62)37-39-72(32-20-60(76)88-68-28-48-84-56-52-80-44-16-8-4-12-24-64)40-38-71(36-34-69)31-19-59(75)87-67-27-47-83-55-51-79-43-15-7-3-11-23-63/h65-68H,1-56H2. The summed E-state index contributed by atoms with van der Waals surface area (Å²) in [5.74, 6) is 1.11. The fourth-order valence-electron chi connectivity index (χ4n) is 8.55. The highest BCUT2D eigenvalue weighted by atomic mass is 35.5. The number of carbonyl (C=O) groups is 4. The summed E-state index contributed by atoms with van der Waals surface area (Å²) in [5, 5.41) is 0. The molecule has 0 aromatic heterocycles. The van der Waals surface area contributed by atoms with Gasteiger partial charge in [0.1, 0.15) is 0 Å². The van der Waals surface area contributed by atoms with Crippen LogP contribution >= 0.6 is 46.4 Å². The van der Waals surface area contributed by atoms with Crippen LogP contribution in [0.3, 0.4) is 0 Å². The zero-order chi connectivity index (χ0) is 63.5. The molecule has 520 valence electrons. The number of nitrogens with zero attached hydrogens (tertiary/aromatic N) is 4. The minimum absolute atomic E-state index is 0.123. The number of hydrogen-bond donors (Lipinski definition) is 4. The zero-order valence-electron chi connectivity index (χ0n) is 53.4. The first-order valence-electron chi connectivity index (χ1n) is 32.8. The van der Waals surface area contributed by atoms with Crippen LogP contribution in [0.4, 0.5) is 0 Å². The molecule has 88 heavy (non-hydrogen) atoms. The topological polar surface area (TPSA) is 240 Å². The molecule has 0 saturated carbocycles. The van der Waals surface area contributed by atoms with Crippen molar-refractivity contribution < 1.29 is 76.4 Å². The highest BCUT2D eigenvalue weighted by molar-refractivity contribution is 6.18. The van der Waals surface area contributed by atoms with Crippen LogP contribution in [0.15, 0.2) is 0 Å². The maximum absolute atomic E-state index is 13.0. The molecule has 1 aliphatic heterocycles. The SMILES string of the molecule is O=C(CCN1CCN(CCC(=O)ONCCOCCOCCCCCCCl)CCN(CCC(=O)ONCCOCCOCCCCCCCl)CCN(CCC(=O)ONCCOCCOCCCCCCCl)CC1)ONCCOCCOCCCCCCCl. The quantitative estimate of drug-likeness (QED) is 0.0226. The van der Waals surface area contributed by atoms with E-state index in [4.69, 9.17) is 104 Å². The third-order valence-electron chi connectivity index (χ3n) is 13.8. The highest BCUT2D eigenvalue weighted by Crippen LogP contribution is 2.08. The van der Waals surface area contributed by atoms with Crippen molar-refractivity contribution in [2.24, 2.45) is 0 Å². The molecular weight excluding hydrogens is 1230 g/mol. The second kappa shape index (κ2) is 68.3. The van der Waals surface area contributed by atoms with Crippen molar-refractivity contribution in [3.63, 3.8) is 0 Å². The van der Waals surface area contributed by atoms with Gasteiger partial charge < -0.3 is 76.8 Å². The van der Waals surface area contributed by atoms with Crippen LogP contribution in [0.2, 0.25) is 0 Å². The van der Waals surface area contributed by atoms with Crippen LogP contribution < -0.4 is 21.9 Å². The maximum Gasteiger partial charge on any atom is 0.326 e. The van der Waals surface area contributed by atoms with Crippen molar-refractivity contribution in [3.8, 4) is 0 Å². The number of unbranched alkanes of at least 4 members (excludes halogenated alkanes) is 12. The van der Waals surface area contributed by atoms with E-state index in [1.54, 1.807) is 0 Å². The Labute approximate surface area is 548 Å². The Kier molecular flexibility index (Phi) is 65.5. The molecule has 24 nitrogen and oxygen atoms in total. The van der Waals surface area contributed by atoms with Crippen molar-refractivity contribution in [2.75, 3.05) is 234 Å². The molecular formula is C60H116Cl4N8O16. The van der Waals surface area contributed by atoms with E-state index in [0.717, 1.165) is 103 Å². The van der Waals surface area contributed by atoms with Gasteiger partial charge in [-0.1, -0.05) is 51.4 Å². The van der Waals surface area contributed by atoms with Gasteiger partial charge in [0.2, 0.25) is 0 Å². The molecule has 0 amide bonds. The number of rotatable bonds is 64. The first-order chi connectivity index (χ1) is 43.3. The summed E-state index contributed by atoms with van der Waals surface area (Å²) in [6.07, 6.45) is 17.3. The molecule has 0 aromatic rings. The lowest BCUT2D eigenvalue weighted by Crippen LogP contribution is -2.47. The number of hydroxylamine groups is 4. The van der Waals surface area contributed by atoms with E-state index >= 15 is 0 Å². The van der Waals surface area contributed by atoms with E-state index in [1.807, 2.05) is 0 Å². The second-order valence-corrected chi connectivity index (χ2v) is 22.7. The predicted octanol–water partition coefficient (Wildman–Crippen LogP) is 6.29. The number of alkyl halides is 4. The molecule has 0 aliphatic carbocycles. The van der Waals surface area contributed by atoms with Gasteiger partial charge in [-0.25, -0.2) is 0 Å². The zero-order valence-corrected chi connectivity index (χ0v) is 56.5. The van der Waals surface area contributed by atoms with Gasteiger partial charge >= 0.3 is 23.9 Å². The number of hydrogen-bond acceptors (Lipinski definition) is 24. The van der Waals surface area contributed by atoms with Crippen LogP contribution in [0, 0.1) is 0 Å². The maximum atomic E-state index is 13.0. The molecule has 0 bridgehead atoms. The molecule has 1 saturated heterocycles. The second-order valence-electron chi connectivity index (χ2n) is 21.2. The van der Waals surface area contributed by atoms with E-state index in [2.05, 4.69) is 41.5 Å². The van der Waals surface area contributed by atoms with E-state index < -0.39 is 23.9 Å². The molecule has 0 radical (unpaired) electrons.